The molecule has 2 aliphatic heterocycles. The number of rotatable bonds is 9. The number of fused-ring (bicyclic) bond motifs is 2. The molecule has 1 fully saturated rings. The van der Waals surface area contributed by atoms with Gasteiger partial charge < -0.3 is 24.6 Å². The summed E-state index contributed by atoms with van der Waals surface area (Å²) in [6.45, 7) is 6.84. The third-order valence-corrected chi connectivity index (χ3v) is 8.75. The first-order valence-corrected chi connectivity index (χ1v) is 15.1. The van der Waals surface area contributed by atoms with E-state index in [-0.39, 0.29) is 30.4 Å². The van der Waals surface area contributed by atoms with Crippen molar-refractivity contribution >= 4 is 16.9 Å². The van der Waals surface area contributed by atoms with Gasteiger partial charge in [0.1, 0.15) is 17.1 Å². The van der Waals surface area contributed by atoms with E-state index in [2.05, 4.69) is 33.7 Å². The van der Waals surface area contributed by atoms with E-state index in [9.17, 15) is 18.7 Å². The summed E-state index contributed by atoms with van der Waals surface area (Å²) >= 11 is 0. The van der Waals surface area contributed by atoms with Crippen LogP contribution in [0.1, 0.15) is 59.3 Å². The van der Waals surface area contributed by atoms with Crippen LogP contribution in [0.4, 0.5) is 8.78 Å². The van der Waals surface area contributed by atoms with E-state index in [0.29, 0.717) is 53.6 Å². The molecule has 0 bridgehead atoms. The Labute approximate surface area is 255 Å². The number of aliphatic hydroxyl groups excluding tert-OH is 1. The van der Waals surface area contributed by atoms with Crippen molar-refractivity contribution in [1.82, 2.24) is 29.7 Å². The maximum Gasteiger partial charge on any atom is 0.264 e. The van der Waals surface area contributed by atoms with Crippen molar-refractivity contribution in [3.8, 4) is 11.5 Å². The van der Waals surface area contributed by atoms with E-state index in [1.165, 1.54) is 6.07 Å². The second kappa shape index (κ2) is 13.0. The Hall–Kier alpha value is -3.93. The van der Waals surface area contributed by atoms with Crippen molar-refractivity contribution < 1.29 is 23.4 Å². The minimum absolute atomic E-state index is 0.00870. The number of halogens is 2. The highest BCUT2D eigenvalue weighted by Gasteiger charge is 2.29. The maximum atomic E-state index is 14.1. The molecule has 1 atom stereocenters. The van der Waals surface area contributed by atoms with Crippen molar-refractivity contribution in [2.24, 2.45) is 0 Å². The molecule has 0 radical (unpaired) electrons. The molecule has 1 amide bonds. The molecule has 11 heteroatoms. The Morgan fingerprint density at radius 3 is 2.70 bits per heavy atom. The summed E-state index contributed by atoms with van der Waals surface area (Å²) in [6.07, 6.45) is 1.58. The van der Waals surface area contributed by atoms with Crippen LogP contribution in [0.3, 0.4) is 0 Å². The van der Waals surface area contributed by atoms with Gasteiger partial charge in [-0.3, -0.25) is 14.7 Å². The van der Waals surface area contributed by atoms with Crippen LogP contribution in [0.5, 0.6) is 11.5 Å². The quantitative estimate of drug-likeness (QED) is 0.277. The molecule has 9 nitrogen and oxygen atoms in total. The number of piperazine rings is 1. The number of nitrogens with one attached hydrogen (secondary N) is 1. The molecule has 44 heavy (non-hydrogen) atoms. The zero-order valence-corrected chi connectivity index (χ0v) is 25.1. The Morgan fingerprint density at radius 1 is 1.14 bits per heavy atom. The first-order chi connectivity index (χ1) is 21.3. The number of H-pyrrole nitrogens is 1. The minimum Gasteiger partial charge on any atom is -0.455 e. The lowest BCUT2D eigenvalue weighted by Crippen LogP contribution is -2.44. The summed E-state index contributed by atoms with van der Waals surface area (Å²) in [4.78, 5) is 31.9. The molecule has 2 aliphatic rings. The van der Waals surface area contributed by atoms with E-state index >= 15 is 0 Å². The fraction of sp³-hybridized carbons (Fsp3) is 0.424. The summed E-state index contributed by atoms with van der Waals surface area (Å²) in [7, 11) is 2.07. The van der Waals surface area contributed by atoms with Gasteiger partial charge >= 0.3 is 0 Å². The van der Waals surface area contributed by atoms with Gasteiger partial charge in [0.25, 0.3) is 6.43 Å². The summed E-state index contributed by atoms with van der Waals surface area (Å²) in [6, 6.07) is 10.6. The van der Waals surface area contributed by atoms with Gasteiger partial charge in [0.2, 0.25) is 5.91 Å². The molecule has 4 aromatic rings. The molecule has 232 valence electrons. The number of likely N-dealkylation sites (N-methyl/N-ethyl adjacent to an activating group) is 1. The molecule has 0 saturated carbocycles. The zero-order valence-electron chi connectivity index (χ0n) is 25.1. The number of benzene rings is 1. The molecule has 0 aliphatic carbocycles. The molecule has 3 aromatic heterocycles. The number of nitrogens with zero attached hydrogens (tertiary/aromatic N) is 5. The van der Waals surface area contributed by atoms with Crippen LogP contribution in [0, 0.1) is 0 Å². The fourth-order valence-corrected chi connectivity index (χ4v) is 6.18. The highest BCUT2D eigenvalue weighted by Crippen LogP contribution is 2.35. The number of carbonyl (C=O) groups excluding carboxylic acids is 1. The number of pyridine rings is 2. The number of aromatic amines is 1. The summed E-state index contributed by atoms with van der Waals surface area (Å²) in [5.41, 5.74) is 4.32. The number of ether oxygens (including phenoxy) is 1. The van der Waals surface area contributed by atoms with Crippen LogP contribution >= 0.6 is 0 Å². The first kappa shape index (κ1) is 30.1. The lowest BCUT2D eigenvalue weighted by Gasteiger charge is -2.34. The molecule has 1 aromatic carbocycles. The SMILES string of the molecule is CC[C@H]1CN(C(=O)Cc2ccc(CN3CCN(C)CC3)c(C(F)F)c2)Cc2cc(Oc3ccnc4[nH]c(CO)cc34)cnc21. The van der Waals surface area contributed by atoms with Gasteiger partial charge in [-0.25, -0.2) is 13.8 Å². The number of alkyl halides is 2. The van der Waals surface area contributed by atoms with Crippen LogP contribution in [-0.4, -0.2) is 80.4 Å². The van der Waals surface area contributed by atoms with Gasteiger partial charge in [0.05, 0.1) is 30.3 Å². The highest BCUT2D eigenvalue weighted by molar-refractivity contribution is 5.83. The van der Waals surface area contributed by atoms with E-state index in [1.807, 2.05) is 12.1 Å². The second-order valence-corrected chi connectivity index (χ2v) is 11.8. The topological polar surface area (TPSA) is 97.8 Å². The van der Waals surface area contributed by atoms with Crippen LogP contribution in [0.2, 0.25) is 0 Å². The molecule has 0 unspecified atom stereocenters. The third kappa shape index (κ3) is 6.45. The van der Waals surface area contributed by atoms with Gasteiger partial charge in [0.15, 0.2) is 0 Å². The molecular formula is C33H38F2N6O3. The van der Waals surface area contributed by atoms with Crippen LogP contribution in [0.25, 0.3) is 11.0 Å². The molecule has 6 rings (SSSR count). The van der Waals surface area contributed by atoms with E-state index in [1.54, 1.807) is 35.5 Å². The van der Waals surface area contributed by atoms with Crippen molar-refractivity contribution in [2.45, 2.75) is 51.8 Å². The van der Waals surface area contributed by atoms with Crippen molar-refractivity contribution in [3.05, 3.63) is 82.4 Å². The molecular weight excluding hydrogens is 566 g/mol. The number of aromatic nitrogens is 3. The Bertz CT molecular complexity index is 1640. The number of hydrogen-bond acceptors (Lipinski definition) is 7. The average molecular weight is 605 g/mol. The normalized spacial score (nSPS) is 17.8. The number of aliphatic hydroxyl groups is 1. The van der Waals surface area contributed by atoms with Gasteiger partial charge in [-0.1, -0.05) is 19.1 Å². The molecule has 1 saturated heterocycles. The minimum atomic E-state index is -2.61. The largest absolute Gasteiger partial charge is 0.455 e. The van der Waals surface area contributed by atoms with E-state index in [0.717, 1.165) is 49.2 Å². The van der Waals surface area contributed by atoms with Gasteiger partial charge in [-0.05, 0) is 54.4 Å². The number of carbonyl (C=O) groups is 1. The van der Waals surface area contributed by atoms with Crippen molar-refractivity contribution in [2.75, 3.05) is 39.8 Å². The highest BCUT2D eigenvalue weighted by atomic mass is 19.3. The number of hydrogen-bond donors (Lipinski definition) is 2. The predicted molar refractivity (Wildman–Crippen MR) is 163 cm³/mol. The molecule has 5 heterocycles. The Morgan fingerprint density at radius 2 is 1.95 bits per heavy atom. The second-order valence-electron chi connectivity index (χ2n) is 11.8. The number of amides is 1. The fourth-order valence-electron chi connectivity index (χ4n) is 6.18. The monoisotopic (exact) mass is 604 g/mol. The van der Waals surface area contributed by atoms with Gasteiger partial charge in [-0.15, -0.1) is 0 Å². The average Bonchev–Trinajstić information content (AvgIpc) is 3.47. The first-order valence-electron chi connectivity index (χ1n) is 15.1. The summed E-state index contributed by atoms with van der Waals surface area (Å²) in [5.74, 6) is 1.06. The lowest BCUT2D eigenvalue weighted by molar-refractivity contribution is -0.131. The molecule has 0 spiro atoms. The Kier molecular flexibility index (Phi) is 8.88. The van der Waals surface area contributed by atoms with Crippen molar-refractivity contribution in [3.63, 3.8) is 0 Å². The maximum absolute atomic E-state index is 14.1. The van der Waals surface area contributed by atoms with Gasteiger partial charge in [0, 0.05) is 69.2 Å². The van der Waals surface area contributed by atoms with Crippen LogP contribution in [0.15, 0.2) is 48.8 Å². The van der Waals surface area contributed by atoms with Crippen LogP contribution in [-0.2, 0) is 30.9 Å². The predicted octanol–water partition coefficient (Wildman–Crippen LogP) is 5.01. The molecule has 2 N–H and O–H groups in total. The summed E-state index contributed by atoms with van der Waals surface area (Å²) < 4.78 is 34.4. The summed E-state index contributed by atoms with van der Waals surface area (Å²) in [5, 5.41) is 10.2. The zero-order chi connectivity index (χ0) is 30.8. The lowest BCUT2D eigenvalue weighted by atomic mass is 9.92. The van der Waals surface area contributed by atoms with Crippen molar-refractivity contribution in [1.29, 1.82) is 0 Å². The standard InChI is InChI=1S/C33H38F2N6O3/c1-3-22-18-41(30(43)13-21-4-5-23(27(12-21)32(34)35)17-40-10-8-39(2)9-11-40)19-24-14-26(16-37-31(22)24)44-29-6-7-36-33-28(29)15-25(20-42)38-33/h4-7,12,14-16,22,32,42H,3,8-11,13,17-20H2,1-2H3,(H,36,38)/t22-/m0/s1. The van der Waals surface area contributed by atoms with E-state index in [4.69, 9.17) is 9.72 Å². The van der Waals surface area contributed by atoms with Crippen LogP contribution < -0.4 is 4.74 Å². The Balaban J connectivity index is 1.17. The smallest absolute Gasteiger partial charge is 0.264 e. The van der Waals surface area contributed by atoms with Gasteiger partial charge in [-0.2, -0.15) is 0 Å². The van der Waals surface area contributed by atoms with E-state index < -0.39 is 6.43 Å². The third-order valence-electron chi connectivity index (χ3n) is 8.75.